The highest BCUT2D eigenvalue weighted by Crippen LogP contribution is 2.17. The molecule has 18 heavy (non-hydrogen) atoms. The van der Waals surface area contributed by atoms with Crippen molar-refractivity contribution < 1.29 is 8.49 Å². The van der Waals surface area contributed by atoms with E-state index in [1.165, 1.54) is 5.06 Å². The van der Waals surface area contributed by atoms with E-state index in [1.807, 2.05) is 30.3 Å². The van der Waals surface area contributed by atoms with Crippen molar-refractivity contribution in [2.75, 3.05) is 12.1 Å². The minimum Gasteiger partial charge on any atom is -0.241 e. The fraction of sp³-hybridized carbons (Fsp3) is 0.0769. The highest BCUT2D eigenvalue weighted by molar-refractivity contribution is 7.80. The lowest BCUT2D eigenvalue weighted by atomic mass is 10.3. The molecule has 94 valence electrons. The molecule has 0 N–H and O–H groups in total. The molecule has 0 aliphatic carbocycles. The highest BCUT2D eigenvalue weighted by Gasteiger charge is 2.09. The summed E-state index contributed by atoms with van der Waals surface area (Å²) >= 11 is 4.21. The van der Waals surface area contributed by atoms with Crippen LogP contribution in [0.1, 0.15) is 0 Å². The number of hydroxylamine groups is 1. The Hall–Kier alpha value is -1.36. The number of para-hydroxylation sites is 1. The maximum Gasteiger partial charge on any atom is 0.212 e. The second-order valence-corrected chi connectivity index (χ2v) is 5.12. The first-order chi connectivity index (χ1) is 8.66. The summed E-state index contributed by atoms with van der Waals surface area (Å²) in [5.74, 6) is 0. The zero-order chi connectivity index (χ0) is 13.0. The van der Waals surface area contributed by atoms with Gasteiger partial charge in [-0.3, -0.25) is 0 Å². The second kappa shape index (κ2) is 6.00. The van der Waals surface area contributed by atoms with Gasteiger partial charge in [-0.15, -0.1) is 0 Å². The van der Waals surface area contributed by atoms with Gasteiger partial charge < -0.3 is 0 Å². The van der Waals surface area contributed by atoms with Gasteiger partial charge in [0.1, 0.15) is 0 Å². The molecule has 2 rings (SSSR count). The first-order valence-corrected chi connectivity index (χ1v) is 6.76. The van der Waals surface area contributed by atoms with Gasteiger partial charge in [-0.1, -0.05) is 29.8 Å². The van der Waals surface area contributed by atoms with Gasteiger partial charge in [0.2, 0.25) is 11.1 Å². The van der Waals surface area contributed by atoms with Gasteiger partial charge in [0, 0.05) is 12.1 Å². The minimum absolute atomic E-state index is 0.571. The van der Waals surface area contributed by atoms with Crippen LogP contribution in [0.5, 0.6) is 0 Å². The molecule has 0 aromatic heterocycles. The summed E-state index contributed by atoms with van der Waals surface area (Å²) in [6.45, 7) is 0. The Morgan fingerprint density at radius 3 is 2.28 bits per heavy atom. The van der Waals surface area contributed by atoms with Crippen molar-refractivity contribution in [3.05, 3.63) is 59.6 Å². The molecule has 0 fully saturated rings. The van der Waals surface area contributed by atoms with E-state index in [1.54, 1.807) is 31.3 Å². The molecule has 0 aliphatic rings. The van der Waals surface area contributed by atoms with Crippen molar-refractivity contribution in [1.82, 2.24) is 0 Å². The Morgan fingerprint density at radius 2 is 1.67 bits per heavy atom. The van der Waals surface area contributed by atoms with Crippen molar-refractivity contribution in [3.8, 4) is 0 Å². The van der Waals surface area contributed by atoms with Crippen LogP contribution in [0.25, 0.3) is 0 Å². The first kappa shape index (κ1) is 13.1. The largest absolute Gasteiger partial charge is 0.241 e. The van der Waals surface area contributed by atoms with Gasteiger partial charge in [0.15, 0.2) is 0 Å². The summed E-state index contributed by atoms with van der Waals surface area (Å²) in [5.41, 5.74) is 0.833. The van der Waals surface area contributed by atoms with Crippen molar-refractivity contribution >= 4 is 28.4 Å². The molecule has 5 heteroatoms. The van der Waals surface area contributed by atoms with Gasteiger partial charge in [0.25, 0.3) is 0 Å². The van der Waals surface area contributed by atoms with Crippen molar-refractivity contribution in [2.45, 2.75) is 4.90 Å². The van der Waals surface area contributed by atoms with E-state index in [2.05, 4.69) is 0 Å². The van der Waals surface area contributed by atoms with Crippen molar-refractivity contribution in [2.24, 2.45) is 0 Å². The molecular formula is C13H12ClNO2S. The van der Waals surface area contributed by atoms with Crippen LogP contribution in [-0.4, -0.2) is 11.3 Å². The van der Waals surface area contributed by atoms with E-state index in [0.717, 1.165) is 5.69 Å². The highest BCUT2D eigenvalue weighted by atomic mass is 35.5. The monoisotopic (exact) mass is 281 g/mol. The molecule has 1 unspecified atom stereocenters. The fourth-order valence-electron chi connectivity index (χ4n) is 1.37. The standard InChI is InChI=1S/C13H12ClNO2S/c1-15(12-5-3-2-4-6-12)17-18(16)13-9-7-11(14)8-10-13/h2-10H,1H3. The Balaban J connectivity index is 2.06. The number of rotatable bonds is 4. The van der Waals surface area contributed by atoms with Crippen LogP contribution < -0.4 is 5.06 Å². The summed E-state index contributed by atoms with van der Waals surface area (Å²) in [7, 11) is 1.71. The van der Waals surface area contributed by atoms with Crippen LogP contribution in [0.3, 0.4) is 0 Å². The molecule has 0 heterocycles. The zero-order valence-electron chi connectivity index (χ0n) is 9.75. The molecular weight excluding hydrogens is 270 g/mol. The third-order valence-corrected chi connectivity index (χ3v) is 3.57. The van der Waals surface area contributed by atoms with Crippen LogP contribution in [0.2, 0.25) is 5.02 Å². The molecule has 0 saturated carbocycles. The average Bonchev–Trinajstić information content (AvgIpc) is 2.40. The topological polar surface area (TPSA) is 29.5 Å². The number of anilines is 1. The lowest BCUT2D eigenvalue weighted by Gasteiger charge is -2.16. The lowest BCUT2D eigenvalue weighted by molar-refractivity contribution is 0.333. The lowest BCUT2D eigenvalue weighted by Crippen LogP contribution is -2.19. The quantitative estimate of drug-likeness (QED) is 0.804. The molecule has 0 spiro atoms. The van der Waals surface area contributed by atoms with E-state index < -0.39 is 11.1 Å². The van der Waals surface area contributed by atoms with Crippen molar-refractivity contribution in [3.63, 3.8) is 0 Å². The maximum atomic E-state index is 11.9. The molecule has 0 bridgehead atoms. The second-order valence-electron chi connectivity index (χ2n) is 3.60. The van der Waals surface area contributed by atoms with Gasteiger partial charge in [-0.25, -0.2) is 9.27 Å². The maximum absolute atomic E-state index is 11.9. The summed E-state index contributed by atoms with van der Waals surface area (Å²) in [6, 6.07) is 16.2. The smallest absolute Gasteiger partial charge is 0.212 e. The first-order valence-electron chi connectivity index (χ1n) is 5.31. The number of benzene rings is 2. The van der Waals surface area contributed by atoms with Crippen LogP contribution in [0.4, 0.5) is 5.69 Å². The van der Waals surface area contributed by atoms with E-state index in [9.17, 15) is 4.21 Å². The number of hydrogen-bond donors (Lipinski definition) is 0. The molecule has 0 radical (unpaired) electrons. The van der Waals surface area contributed by atoms with Gasteiger partial charge >= 0.3 is 0 Å². The van der Waals surface area contributed by atoms with Crippen LogP contribution in [0.15, 0.2) is 59.5 Å². The predicted octanol–water partition coefficient (Wildman–Crippen LogP) is 3.43. The van der Waals surface area contributed by atoms with E-state index in [-0.39, 0.29) is 0 Å². The number of hydrogen-bond acceptors (Lipinski definition) is 3. The van der Waals surface area contributed by atoms with E-state index in [0.29, 0.717) is 9.92 Å². The minimum atomic E-state index is -1.55. The summed E-state index contributed by atoms with van der Waals surface area (Å²) in [5, 5.41) is 2.08. The summed E-state index contributed by atoms with van der Waals surface area (Å²) in [4.78, 5) is 0.571. The van der Waals surface area contributed by atoms with Gasteiger partial charge in [-0.05, 0) is 36.4 Å². The average molecular weight is 282 g/mol. The number of nitrogens with zero attached hydrogens (tertiary/aromatic N) is 1. The van der Waals surface area contributed by atoms with Crippen LogP contribution in [0, 0.1) is 0 Å². The normalized spacial score (nSPS) is 12.1. The third kappa shape index (κ3) is 3.32. The fourth-order valence-corrected chi connectivity index (χ4v) is 2.23. The van der Waals surface area contributed by atoms with E-state index in [4.69, 9.17) is 15.9 Å². The van der Waals surface area contributed by atoms with Crippen LogP contribution in [-0.2, 0) is 15.4 Å². The van der Waals surface area contributed by atoms with Gasteiger partial charge in [0.05, 0.1) is 10.6 Å². The Kier molecular flexibility index (Phi) is 4.36. The Labute approximate surface area is 114 Å². The van der Waals surface area contributed by atoms with Gasteiger partial charge in [-0.2, -0.15) is 4.28 Å². The molecule has 0 saturated heterocycles. The van der Waals surface area contributed by atoms with Crippen LogP contribution >= 0.6 is 11.6 Å². The zero-order valence-corrected chi connectivity index (χ0v) is 11.3. The Morgan fingerprint density at radius 1 is 1.06 bits per heavy atom. The Bertz CT molecular complexity index is 530. The predicted molar refractivity (Wildman–Crippen MR) is 73.8 cm³/mol. The summed E-state index contributed by atoms with van der Waals surface area (Å²) < 4.78 is 17.3. The third-order valence-electron chi connectivity index (χ3n) is 2.31. The summed E-state index contributed by atoms with van der Waals surface area (Å²) in [6.07, 6.45) is 0. The molecule has 0 aliphatic heterocycles. The molecule has 3 nitrogen and oxygen atoms in total. The molecule has 0 amide bonds. The SMILES string of the molecule is CN(OS(=O)c1ccc(Cl)cc1)c1ccccc1. The van der Waals surface area contributed by atoms with Crippen molar-refractivity contribution in [1.29, 1.82) is 0 Å². The van der Waals surface area contributed by atoms with E-state index >= 15 is 0 Å². The number of halogens is 1. The molecule has 2 aromatic rings. The molecule has 2 aromatic carbocycles. The molecule has 1 atom stereocenters.